The van der Waals surface area contributed by atoms with Crippen molar-refractivity contribution in [1.29, 1.82) is 0 Å². The molecular weight excluding hydrogens is 262 g/mol. The summed E-state index contributed by atoms with van der Waals surface area (Å²) in [5.74, 6) is -0.321. The molecule has 5 nitrogen and oxygen atoms in total. The molecule has 6 heteroatoms. The molecule has 0 spiro atoms. The number of carbonyl (C=O) groups excluding carboxylic acids is 1. The van der Waals surface area contributed by atoms with Crippen molar-refractivity contribution in [2.45, 2.75) is 26.3 Å². The number of hydrogen-bond acceptors (Lipinski definition) is 4. The van der Waals surface area contributed by atoms with E-state index in [0.717, 1.165) is 11.3 Å². The lowest BCUT2D eigenvalue weighted by Crippen LogP contribution is -2.33. The Morgan fingerprint density at radius 1 is 1.58 bits per heavy atom. The zero-order valence-corrected chi connectivity index (χ0v) is 11.6. The van der Waals surface area contributed by atoms with Crippen LogP contribution in [0, 0.1) is 0 Å². The van der Waals surface area contributed by atoms with Gasteiger partial charge < -0.3 is 10.3 Å². The van der Waals surface area contributed by atoms with E-state index in [0.29, 0.717) is 5.69 Å². The maximum absolute atomic E-state index is 12.0. The maximum atomic E-state index is 12.0. The van der Waals surface area contributed by atoms with Crippen LogP contribution >= 0.6 is 11.3 Å². The summed E-state index contributed by atoms with van der Waals surface area (Å²) in [6.07, 6.45) is 0.826. The molecule has 19 heavy (non-hydrogen) atoms. The molecule has 2 aromatic rings. The van der Waals surface area contributed by atoms with Gasteiger partial charge in [0.1, 0.15) is 5.69 Å². The van der Waals surface area contributed by atoms with Crippen LogP contribution in [-0.2, 0) is 0 Å². The predicted molar refractivity (Wildman–Crippen MR) is 75.4 cm³/mol. The Morgan fingerprint density at radius 3 is 3.00 bits per heavy atom. The number of aromatic amines is 1. The topological polar surface area (TPSA) is 74.8 Å². The molecule has 0 radical (unpaired) electrons. The first kappa shape index (κ1) is 13.5. The van der Waals surface area contributed by atoms with Crippen molar-refractivity contribution in [2.75, 3.05) is 0 Å². The monoisotopic (exact) mass is 277 g/mol. The number of nitrogens with zero attached hydrogens (tertiary/aromatic N) is 1. The van der Waals surface area contributed by atoms with Crippen LogP contribution in [0.3, 0.4) is 0 Å². The summed E-state index contributed by atoms with van der Waals surface area (Å²) in [5, 5.41) is 4.70. The molecule has 0 aromatic carbocycles. The lowest BCUT2D eigenvalue weighted by Gasteiger charge is -2.10. The maximum Gasteiger partial charge on any atom is 0.346 e. The van der Waals surface area contributed by atoms with Gasteiger partial charge in [-0.1, -0.05) is 13.0 Å². The Balaban J connectivity index is 2.32. The van der Waals surface area contributed by atoms with Crippen molar-refractivity contribution in [2.24, 2.45) is 0 Å². The average Bonchev–Trinajstić information content (AvgIpc) is 2.91. The number of aromatic nitrogens is 2. The van der Waals surface area contributed by atoms with Gasteiger partial charge in [0.25, 0.3) is 5.91 Å². The van der Waals surface area contributed by atoms with Gasteiger partial charge in [0.2, 0.25) is 0 Å². The molecule has 0 bridgehead atoms. The second kappa shape index (κ2) is 5.79. The minimum Gasteiger partial charge on any atom is -0.348 e. The molecule has 0 aliphatic carbocycles. The number of H-pyrrole nitrogens is 1. The minimum absolute atomic E-state index is 0.0544. The fourth-order valence-electron chi connectivity index (χ4n) is 1.54. The van der Waals surface area contributed by atoms with Crippen molar-refractivity contribution in [3.63, 3.8) is 0 Å². The molecule has 1 unspecified atom stereocenters. The molecule has 0 saturated carbocycles. The Bertz CT molecular complexity index is 619. The molecule has 0 aliphatic heterocycles. The Kier molecular flexibility index (Phi) is 4.11. The quantitative estimate of drug-likeness (QED) is 0.898. The minimum atomic E-state index is -0.514. The third-order valence-electron chi connectivity index (χ3n) is 2.75. The summed E-state index contributed by atoms with van der Waals surface area (Å²) in [4.78, 5) is 30.7. The highest BCUT2D eigenvalue weighted by molar-refractivity contribution is 7.13. The Hall–Kier alpha value is -1.95. The van der Waals surface area contributed by atoms with Gasteiger partial charge in [-0.2, -0.15) is 4.98 Å². The molecule has 100 valence electrons. The average molecular weight is 277 g/mol. The molecule has 1 atom stereocenters. The van der Waals surface area contributed by atoms with Crippen molar-refractivity contribution in [1.82, 2.24) is 15.3 Å². The van der Waals surface area contributed by atoms with Gasteiger partial charge in [-0.05, 0) is 30.9 Å². The summed E-state index contributed by atoms with van der Waals surface area (Å²) < 4.78 is 0. The first-order valence-corrected chi connectivity index (χ1v) is 6.94. The second-order valence-corrected chi connectivity index (χ2v) is 5.19. The van der Waals surface area contributed by atoms with Crippen LogP contribution in [0.15, 0.2) is 28.4 Å². The lowest BCUT2D eigenvalue weighted by molar-refractivity contribution is 0.0934. The second-order valence-electron chi connectivity index (χ2n) is 4.25. The first-order valence-electron chi connectivity index (χ1n) is 6.06. The summed E-state index contributed by atoms with van der Waals surface area (Å²) in [5.41, 5.74) is 0.247. The molecule has 2 rings (SSSR count). The number of rotatable bonds is 4. The van der Waals surface area contributed by atoms with Gasteiger partial charge >= 0.3 is 5.69 Å². The zero-order valence-electron chi connectivity index (χ0n) is 10.8. The number of hydrogen-bond donors (Lipinski definition) is 2. The van der Waals surface area contributed by atoms with Crippen LogP contribution in [0.1, 0.15) is 30.8 Å². The molecule has 0 fully saturated rings. The van der Waals surface area contributed by atoms with Gasteiger partial charge in [0.05, 0.1) is 10.6 Å². The molecule has 2 N–H and O–H groups in total. The number of thiophene rings is 1. The van der Waals surface area contributed by atoms with Crippen LogP contribution in [-0.4, -0.2) is 21.9 Å². The summed E-state index contributed by atoms with van der Waals surface area (Å²) in [6.45, 7) is 3.89. The standard InChI is InChI=1S/C13H15N3O2S/c1-3-8(2)14-12(17)10-7-9(15-13(18)16-10)11-5-4-6-19-11/h4-8H,3H2,1-2H3,(H,14,17)(H,15,16,18). The number of amides is 1. The predicted octanol–water partition coefficient (Wildman–Crippen LogP) is 2.03. The fourth-order valence-corrected chi connectivity index (χ4v) is 2.24. The molecule has 2 aromatic heterocycles. The van der Waals surface area contributed by atoms with E-state index < -0.39 is 5.69 Å². The van der Waals surface area contributed by atoms with Gasteiger partial charge in [0.15, 0.2) is 0 Å². The van der Waals surface area contributed by atoms with E-state index in [1.165, 1.54) is 11.3 Å². The van der Waals surface area contributed by atoms with Crippen molar-refractivity contribution in [3.8, 4) is 10.6 Å². The third kappa shape index (κ3) is 3.29. The normalized spacial score (nSPS) is 12.1. The smallest absolute Gasteiger partial charge is 0.346 e. The first-order chi connectivity index (χ1) is 9.10. The summed E-state index contributed by atoms with van der Waals surface area (Å²) in [7, 11) is 0. The van der Waals surface area contributed by atoms with Crippen molar-refractivity contribution >= 4 is 17.2 Å². The van der Waals surface area contributed by atoms with E-state index in [4.69, 9.17) is 0 Å². The molecule has 0 aliphatic rings. The highest BCUT2D eigenvalue weighted by Crippen LogP contribution is 2.21. The molecule has 0 saturated heterocycles. The Morgan fingerprint density at radius 2 is 2.37 bits per heavy atom. The van der Waals surface area contributed by atoms with E-state index in [1.807, 2.05) is 31.4 Å². The number of carbonyl (C=O) groups is 1. The van der Waals surface area contributed by atoms with E-state index in [1.54, 1.807) is 6.07 Å². The zero-order chi connectivity index (χ0) is 13.8. The van der Waals surface area contributed by atoms with Crippen LogP contribution < -0.4 is 11.0 Å². The molecule has 2 heterocycles. The van der Waals surface area contributed by atoms with Gasteiger partial charge in [-0.15, -0.1) is 11.3 Å². The van der Waals surface area contributed by atoms with Crippen LogP contribution in [0.4, 0.5) is 0 Å². The van der Waals surface area contributed by atoms with Crippen LogP contribution in [0.2, 0.25) is 0 Å². The van der Waals surface area contributed by atoms with E-state index in [2.05, 4.69) is 15.3 Å². The Labute approximate surface area is 114 Å². The van der Waals surface area contributed by atoms with Gasteiger partial charge in [0, 0.05) is 6.04 Å². The lowest BCUT2D eigenvalue weighted by atomic mass is 10.2. The highest BCUT2D eigenvalue weighted by Gasteiger charge is 2.13. The van der Waals surface area contributed by atoms with E-state index in [9.17, 15) is 9.59 Å². The third-order valence-corrected chi connectivity index (χ3v) is 3.66. The largest absolute Gasteiger partial charge is 0.348 e. The van der Waals surface area contributed by atoms with Gasteiger partial charge in [-0.25, -0.2) is 4.79 Å². The SMILES string of the molecule is CCC(C)NC(=O)c1cc(-c2cccs2)[nH]c(=O)n1. The van der Waals surface area contributed by atoms with E-state index in [-0.39, 0.29) is 17.6 Å². The van der Waals surface area contributed by atoms with Crippen LogP contribution in [0.5, 0.6) is 0 Å². The van der Waals surface area contributed by atoms with Gasteiger partial charge in [-0.3, -0.25) is 4.79 Å². The summed E-state index contributed by atoms with van der Waals surface area (Å²) in [6, 6.07) is 5.42. The van der Waals surface area contributed by atoms with Crippen molar-refractivity contribution < 1.29 is 4.79 Å². The van der Waals surface area contributed by atoms with E-state index >= 15 is 0 Å². The number of nitrogens with one attached hydrogen (secondary N) is 2. The molecular formula is C13H15N3O2S. The van der Waals surface area contributed by atoms with Crippen molar-refractivity contribution in [3.05, 3.63) is 39.8 Å². The summed E-state index contributed by atoms with van der Waals surface area (Å²) >= 11 is 1.49. The highest BCUT2D eigenvalue weighted by atomic mass is 32.1. The molecule has 1 amide bonds. The fraction of sp³-hybridized carbons (Fsp3) is 0.308. The van der Waals surface area contributed by atoms with Crippen LogP contribution in [0.25, 0.3) is 10.6 Å².